The normalized spacial score (nSPS) is 9.16. The van der Waals surface area contributed by atoms with E-state index >= 15 is 0 Å². The molecule has 12 nitrogen and oxygen atoms in total. The average molecular weight is 486 g/mol. The maximum absolute atomic E-state index is 8.74. The molecule has 0 bridgehead atoms. The fourth-order valence-electron chi connectivity index (χ4n) is 0. The van der Waals surface area contributed by atoms with E-state index in [9.17, 15) is 0 Å². The van der Waals surface area contributed by atoms with Crippen molar-refractivity contribution in [2.24, 2.45) is 0 Å². The van der Waals surface area contributed by atoms with E-state index in [4.69, 9.17) is 49.4 Å². The van der Waals surface area contributed by atoms with Crippen molar-refractivity contribution >= 4 is 10.4 Å². The van der Waals surface area contributed by atoms with Gasteiger partial charge in [0.1, 0.15) is 0 Å². The van der Waals surface area contributed by atoms with Gasteiger partial charge in [0.25, 0.3) is 0 Å². The summed E-state index contributed by atoms with van der Waals surface area (Å²) in [6.45, 7) is 0. The van der Waals surface area contributed by atoms with Gasteiger partial charge in [-0.3, -0.25) is 9.11 Å². The Morgan fingerprint density at radius 2 is 0.632 bits per heavy atom. The molecule has 0 aliphatic rings. The van der Waals surface area contributed by atoms with Gasteiger partial charge in [0.05, 0.1) is 0 Å². The molecular weight excluding hydrogens is 484 g/mol. The van der Waals surface area contributed by atoms with Crippen LogP contribution < -0.4 is 222 Å². The van der Waals surface area contributed by atoms with Gasteiger partial charge in [-0.05, 0) is 0 Å². The molecule has 0 aromatic rings. The Morgan fingerprint density at radius 3 is 0.632 bits per heavy atom. The number of rotatable bonds is 0. The van der Waals surface area contributed by atoms with Crippen molar-refractivity contribution < 1.29 is 282 Å². The zero-order chi connectivity index (χ0) is 13.5. The molecule has 0 spiro atoms. The second kappa shape index (κ2) is 22.6. The van der Waals surface area contributed by atoms with Crippen LogP contribution in [0.25, 0.3) is 0 Å². The Kier molecular flexibility index (Phi) is 53.1. The Balaban J connectivity index is -0.0000000206. The average Bonchev–Trinajstić information content (AvgIpc) is 1.41. The second-order valence-electron chi connectivity index (χ2n) is 1.26. The third-order valence-electron chi connectivity index (χ3n) is 0. The summed E-state index contributed by atoms with van der Waals surface area (Å²) < 4.78 is 100. The standard InChI is InChI=1S/2Cr.4K.H2O4S.8O/c;;;;;;1-5(2,3)4;;;;;;;;/h;;;;;;(H2,1,2,3,4);;;;;;;;/q;;4*+1;;;;;;4*-1. The van der Waals surface area contributed by atoms with Gasteiger partial charge in [-0.2, -0.15) is 8.42 Å². The molecule has 19 heavy (non-hydrogen) atoms. The summed E-state index contributed by atoms with van der Waals surface area (Å²) in [5.74, 6) is 0. The van der Waals surface area contributed by atoms with Crippen molar-refractivity contribution in [3.8, 4) is 0 Å². The predicted molar refractivity (Wildman–Crippen MR) is 16.9 cm³/mol. The zero-order valence-electron chi connectivity index (χ0n) is 10.2. The van der Waals surface area contributed by atoms with E-state index in [-0.39, 0.29) is 206 Å². The minimum absolute atomic E-state index is 0. The van der Waals surface area contributed by atoms with Gasteiger partial charge < -0.3 is 0 Å². The van der Waals surface area contributed by atoms with Gasteiger partial charge in [0.15, 0.2) is 0 Å². The Hall–Kier alpha value is 6.52. The molecule has 2 N–H and O–H groups in total. The number of hydrogen-bond acceptors (Lipinski definition) is 10. The molecule has 0 fully saturated rings. The fraction of sp³-hybridized carbons (Fsp3) is 0. The third-order valence-corrected chi connectivity index (χ3v) is 0. The van der Waals surface area contributed by atoms with Crippen LogP contribution in [0.15, 0.2) is 0 Å². The minimum atomic E-state index is -5.75. The van der Waals surface area contributed by atoms with Crippen LogP contribution in [0, 0.1) is 0 Å². The van der Waals surface area contributed by atoms with E-state index in [2.05, 4.69) is 0 Å². The molecule has 19 heteroatoms. The fourth-order valence-corrected chi connectivity index (χ4v) is 0. The van der Waals surface area contributed by atoms with Crippen LogP contribution in [0.3, 0.4) is 0 Å². The molecule has 0 aliphatic carbocycles. The number of hydrogen-bond donors (Lipinski definition) is 2. The molecule has 0 saturated heterocycles. The van der Waals surface area contributed by atoms with E-state index in [1.165, 1.54) is 0 Å². The summed E-state index contributed by atoms with van der Waals surface area (Å²) in [6, 6.07) is 0. The van der Waals surface area contributed by atoms with E-state index < -0.39 is 37.6 Å². The van der Waals surface area contributed by atoms with Gasteiger partial charge in [-0.15, -0.1) is 0 Å². The quantitative estimate of drug-likeness (QED) is 0.240. The van der Waals surface area contributed by atoms with Crippen molar-refractivity contribution in [3.05, 3.63) is 0 Å². The summed E-state index contributed by atoms with van der Waals surface area (Å²) in [4.78, 5) is 0. The molecule has 0 heterocycles. The molecule has 0 aromatic heterocycles. The first-order valence-electron chi connectivity index (χ1n) is 2.03. The first kappa shape index (κ1) is 44.7. The molecule has 0 rings (SSSR count). The summed E-state index contributed by atoms with van der Waals surface area (Å²) in [6.07, 6.45) is 0. The van der Waals surface area contributed by atoms with Crippen LogP contribution >= 0.6 is 0 Å². The molecule has 0 saturated carbocycles. The van der Waals surface area contributed by atoms with Crippen LogP contribution in [0.1, 0.15) is 0 Å². The van der Waals surface area contributed by atoms with E-state index in [1.54, 1.807) is 0 Å². The molecule has 96 valence electrons. The summed E-state index contributed by atoms with van der Waals surface area (Å²) in [5, 5.41) is 0. The van der Waals surface area contributed by atoms with Crippen molar-refractivity contribution in [2.75, 3.05) is 0 Å². The van der Waals surface area contributed by atoms with E-state index in [0.717, 1.165) is 0 Å². The van der Waals surface area contributed by atoms with Crippen LogP contribution in [-0.2, 0) is 52.8 Å². The van der Waals surface area contributed by atoms with Gasteiger partial charge in [-0.25, -0.2) is 0 Å². The Labute approximate surface area is 283 Å². The van der Waals surface area contributed by atoms with Crippen molar-refractivity contribution in [2.45, 2.75) is 0 Å². The molecule has 0 atom stereocenters. The van der Waals surface area contributed by atoms with Crippen molar-refractivity contribution in [1.29, 1.82) is 0 Å². The van der Waals surface area contributed by atoms with Crippen molar-refractivity contribution in [3.63, 3.8) is 0 Å². The van der Waals surface area contributed by atoms with Crippen molar-refractivity contribution in [1.82, 2.24) is 0 Å². The zero-order valence-corrected chi connectivity index (χ0v) is 26.1. The van der Waals surface area contributed by atoms with Gasteiger partial charge >= 0.3 is 275 Å². The molecule has 0 aliphatic heterocycles. The summed E-state index contributed by atoms with van der Waals surface area (Å²) >= 11 is -11.5. The molecule has 0 amide bonds. The molecular formula is H2Cr2K4O12S. The summed E-state index contributed by atoms with van der Waals surface area (Å²) in [5.41, 5.74) is 0. The van der Waals surface area contributed by atoms with E-state index in [0.29, 0.717) is 0 Å². The summed E-state index contributed by atoms with van der Waals surface area (Å²) in [7, 11) is -4.67. The first-order chi connectivity index (χ1) is 6.00. The Bertz CT molecular complexity index is 349. The Morgan fingerprint density at radius 1 is 0.632 bits per heavy atom. The van der Waals surface area contributed by atoms with Gasteiger partial charge in [-0.1, -0.05) is 0 Å². The van der Waals surface area contributed by atoms with Crippen LogP contribution in [-0.4, -0.2) is 17.5 Å². The molecule has 0 aromatic carbocycles. The van der Waals surface area contributed by atoms with Gasteiger partial charge in [0.2, 0.25) is 0 Å². The second-order valence-corrected chi connectivity index (χ2v) is 4.71. The third kappa shape index (κ3) is 293. The van der Waals surface area contributed by atoms with E-state index in [1.807, 2.05) is 0 Å². The molecule has 0 unspecified atom stereocenters. The predicted octanol–water partition coefficient (Wildman–Crippen LogP) is -17.9. The van der Waals surface area contributed by atoms with Crippen LogP contribution in [0.4, 0.5) is 0 Å². The maximum atomic E-state index is 8.74. The van der Waals surface area contributed by atoms with Gasteiger partial charge in [0, 0.05) is 0 Å². The monoisotopic (exact) mass is 486 g/mol. The van der Waals surface area contributed by atoms with Crippen LogP contribution in [0.5, 0.6) is 0 Å². The SMILES string of the molecule is O=S(=O)(O)O.[K+].[K+].[K+].[K+].[O]=[Cr](=[O])([O-])[O-].[O]=[Cr](=[O])([O-])[O-]. The van der Waals surface area contributed by atoms with Crippen LogP contribution in [0.2, 0.25) is 0 Å². The topological polar surface area (TPSA) is 235 Å². The first-order valence-corrected chi connectivity index (χ1v) is 7.59. The molecule has 0 radical (unpaired) electrons.